The molecule has 2 aliphatic rings. The first-order chi connectivity index (χ1) is 15.8. The number of rotatable bonds is 4. The van der Waals surface area contributed by atoms with Gasteiger partial charge in [0, 0.05) is 16.8 Å². The topological polar surface area (TPSA) is 148 Å². The van der Waals surface area contributed by atoms with E-state index in [0.717, 1.165) is 5.56 Å². The second-order valence-electron chi connectivity index (χ2n) is 8.47. The molecule has 0 unspecified atom stereocenters. The molecule has 10 heteroatoms. The van der Waals surface area contributed by atoms with E-state index < -0.39 is 42.9 Å². The van der Waals surface area contributed by atoms with Gasteiger partial charge in [0.05, 0.1) is 6.61 Å². The van der Waals surface area contributed by atoms with E-state index in [9.17, 15) is 25.2 Å². The van der Waals surface area contributed by atoms with Crippen molar-refractivity contribution in [2.75, 3.05) is 13.4 Å². The lowest BCUT2D eigenvalue weighted by molar-refractivity contribution is -0.277. The first-order valence-corrected chi connectivity index (χ1v) is 10.6. The van der Waals surface area contributed by atoms with Gasteiger partial charge in [0.1, 0.15) is 41.1 Å². The van der Waals surface area contributed by atoms with E-state index >= 15 is 0 Å². The SMILES string of the molecule is CC(C)c1cc(O[C@@H]2O[C@H](CO)[C@@H](O)[C@H](O)[C@H]2O)cc2oc(=O)c3c4c(ccc3c12)OCO4. The molecule has 5 rings (SSSR count). The summed E-state index contributed by atoms with van der Waals surface area (Å²) in [6, 6.07) is 6.75. The molecular formula is C23H24O10. The summed E-state index contributed by atoms with van der Waals surface area (Å²) < 4.78 is 27.7. The first kappa shape index (κ1) is 21.9. The molecule has 5 atom stereocenters. The number of benzene rings is 2. The number of hydrogen-bond donors (Lipinski definition) is 4. The first-order valence-electron chi connectivity index (χ1n) is 10.6. The molecule has 2 aromatic carbocycles. The molecule has 2 aliphatic heterocycles. The molecule has 1 saturated heterocycles. The van der Waals surface area contributed by atoms with Crippen LogP contribution in [-0.4, -0.2) is 64.5 Å². The highest BCUT2D eigenvalue weighted by Gasteiger charge is 2.44. The third-order valence-electron chi connectivity index (χ3n) is 6.04. The van der Waals surface area contributed by atoms with Crippen molar-refractivity contribution >= 4 is 21.7 Å². The third-order valence-corrected chi connectivity index (χ3v) is 6.04. The zero-order valence-electron chi connectivity index (χ0n) is 17.9. The Hall–Kier alpha value is -2.89. The summed E-state index contributed by atoms with van der Waals surface area (Å²) >= 11 is 0. The molecule has 1 fully saturated rings. The van der Waals surface area contributed by atoms with Crippen molar-refractivity contribution in [2.24, 2.45) is 0 Å². The molecule has 0 aliphatic carbocycles. The molecule has 10 nitrogen and oxygen atoms in total. The predicted molar refractivity (Wildman–Crippen MR) is 115 cm³/mol. The summed E-state index contributed by atoms with van der Waals surface area (Å²) in [6.45, 7) is 3.39. The fraction of sp³-hybridized carbons (Fsp3) is 0.435. The van der Waals surface area contributed by atoms with Gasteiger partial charge in [-0.05, 0) is 29.7 Å². The summed E-state index contributed by atoms with van der Waals surface area (Å²) in [5, 5.41) is 41.4. The van der Waals surface area contributed by atoms with E-state index in [0.29, 0.717) is 27.7 Å². The van der Waals surface area contributed by atoms with Crippen molar-refractivity contribution in [3.63, 3.8) is 0 Å². The smallest absolute Gasteiger partial charge is 0.348 e. The summed E-state index contributed by atoms with van der Waals surface area (Å²) in [5.41, 5.74) is 0.469. The number of aliphatic hydroxyl groups excluding tert-OH is 4. The minimum absolute atomic E-state index is 0.00724. The van der Waals surface area contributed by atoms with Gasteiger partial charge in [-0.2, -0.15) is 0 Å². The van der Waals surface area contributed by atoms with E-state index in [1.807, 2.05) is 13.8 Å². The molecule has 33 heavy (non-hydrogen) atoms. The Kier molecular flexibility index (Phi) is 5.42. The van der Waals surface area contributed by atoms with Crippen LogP contribution >= 0.6 is 0 Å². The molecule has 0 radical (unpaired) electrons. The van der Waals surface area contributed by atoms with Crippen molar-refractivity contribution < 1.29 is 43.8 Å². The fourth-order valence-electron chi connectivity index (χ4n) is 4.34. The van der Waals surface area contributed by atoms with E-state index in [1.165, 1.54) is 6.07 Å². The minimum Gasteiger partial charge on any atom is -0.462 e. The molecule has 0 saturated carbocycles. The average Bonchev–Trinajstić information content (AvgIpc) is 3.27. The summed E-state index contributed by atoms with van der Waals surface area (Å²) in [7, 11) is 0. The van der Waals surface area contributed by atoms with Crippen LogP contribution < -0.4 is 19.8 Å². The van der Waals surface area contributed by atoms with Crippen molar-refractivity contribution in [1.82, 2.24) is 0 Å². The number of ether oxygens (including phenoxy) is 4. The predicted octanol–water partition coefficient (Wildman–Crippen LogP) is 0.977. The van der Waals surface area contributed by atoms with Gasteiger partial charge >= 0.3 is 5.63 Å². The Labute approximate surface area is 187 Å². The molecule has 176 valence electrons. The van der Waals surface area contributed by atoms with Crippen LogP contribution in [0.15, 0.2) is 33.5 Å². The van der Waals surface area contributed by atoms with Gasteiger partial charge in [0.25, 0.3) is 0 Å². The molecule has 4 N–H and O–H groups in total. The molecule has 0 amide bonds. The molecule has 0 bridgehead atoms. The van der Waals surface area contributed by atoms with Crippen LogP contribution in [0, 0.1) is 0 Å². The second-order valence-corrected chi connectivity index (χ2v) is 8.47. The van der Waals surface area contributed by atoms with Gasteiger partial charge in [0.15, 0.2) is 11.5 Å². The Balaban J connectivity index is 1.63. The van der Waals surface area contributed by atoms with E-state index in [2.05, 4.69) is 0 Å². The van der Waals surface area contributed by atoms with Crippen LogP contribution in [0.25, 0.3) is 21.7 Å². The monoisotopic (exact) mass is 460 g/mol. The van der Waals surface area contributed by atoms with Gasteiger partial charge in [-0.3, -0.25) is 0 Å². The molecular weight excluding hydrogens is 436 g/mol. The van der Waals surface area contributed by atoms with Gasteiger partial charge in [0.2, 0.25) is 13.1 Å². The summed E-state index contributed by atoms with van der Waals surface area (Å²) in [6.07, 6.45) is -7.10. The van der Waals surface area contributed by atoms with Gasteiger partial charge in [-0.1, -0.05) is 13.8 Å². The van der Waals surface area contributed by atoms with Crippen molar-refractivity contribution in [2.45, 2.75) is 50.5 Å². The quantitative estimate of drug-likeness (QED) is 0.328. The highest BCUT2D eigenvalue weighted by molar-refractivity contribution is 6.09. The van der Waals surface area contributed by atoms with E-state index in [4.69, 9.17) is 23.4 Å². The van der Waals surface area contributed by atoms with Crippen LogP contribution in [0.1, 0.15) is 25.3 Å². The highest BCUT2D eigenvalue weighted by atomic mass is 16.7. The standard InChI is InChI=1S/C23H24O10/c1-9(2)12-5-10(31-23-20(27)19(26)18(25)15(7-24)33-23)6-14-16(12)11-3-4-13-21(30-8-29-13)17(11)22(28)32-14/h3-6,9,15,18-20,23-27H,7-8H2,1-2H3/t15-,18-,19+,20-,23-/m1/s1. The van der Waals surface area contributed by atoms with Crippen molar-refractivity contribution in [1.29, 1.82) is 0 Å². The van der Waals surface area contributed by atoms with Gasteiger partial charge in [-0.15, -0.1) is 0 Å². The van der Waals surface area contributed by atoms with Crippen LogP contribution in [0.2, 0.25) is 0 Å². The lowest BCUT2D eigenvalue weighted by Gasteiger charge is -2.39. The fourth-order valence-corrected chi connectivity index (χ4v) is 4.34. The normalized spacial score (nSPS) is 26.9. The average molecular weight is 460 g/mol. The van der Waals surface area contributed by atoms with Crippen LogP contribution in [0.4, 0.5) is 0 Å². The zero-order valence-corrected chi connectivity index (χ0v) is 17.9. The third kappa shape index (κ3) is 3.51. The Morgan fingerprint density at radius 3 is 2.58 bits per heavy atom. The molecule has 1 aromatic heterocycles. The van der Waals surface area contributed by atoms with Crippen LogP contribution in [0.3, 0.4) is 0 Å². The zero-order chi connectivity index (χ0) is 23.4. The van der Waals surface area contributed by atoms with Gasteiger partial charge in [-0.25, -0.2) is 4.79 Å². The Morgan fingerprint density at radius 2 is 1.85 bits per heavy atom. The second kappa shape index (κ2) is 8.15. The van der Waals surface area contributed by atoms with E-state index in [-0.39, 0.29) is 24.0 Å². The summed E-state index contributed by atoms with van der Waals surface area (Å²) in [4.78, 5) is 12.9. The Bertz CT molecular complexity index is 1260. The maximum Gasteiger partial charge on any atom is 0.348 e. The number of hydrogen-bond acceptors (Lipinski definition) is 10. The number of aliphatic hydroxyl groups is 4. The Morgan fingerprint density at radius 1 is 1.06 bits per heavy atom. The largest absolute Gasteiger partial charge is 0.462 e. The molecule has 3 aromatic rings. The van der Waals surface area contributed by atoms with Crippen LogP contribution in [0.5, 0.6) is 17.2 Å². The van der Waals surface area contributed by atoms with E-state index in [1.54, 1.807) is 18.2 Å². The van der Waals surface area contributed by atoms with Crippen molar-refractivity contribution in [3.05, 3.63) is 40.2 Å². The van der Waals surface area contributed by atoms with Gasteiger partial charge < -0.3 is 43.8 Å². The molecule has 3 heterocycles. The van der Waals surface area contributed by atoms with Crippen LogP contribution in [-0.2, 0) is 4.74 Å². The lowest BCUT2D eigenvalue weighted by Crippen LogP contribution is -2.60. The lowest BCUT2D eigenvalue weighted by atomic mass is 9.94. The maximum absolute atomic E-state index is 12.9. The highest BCUT2D eigenvalue weighted by Crippen LogP contribution is 2.42. The minimum atomic E-state index is -1.57. The molecule has 0 spiro atoms. The summed E-state index contributed by atoms with van der Waals surface area (Å²) in [5.74, 6) is 1.04. The number of fused-ring (bicyclic) bond motifs is 5. The van der Waals surface area contributed by atoms with Crippen molar-refractivity contribution in [3.8, 4) is 17.2 Å². The maximum atomic E-state index is 12.9.